The summed E-state index contributed by atoms with van der Waals surface area (Å²) in [5.41, 5.74) is 1.60. The number of nitrogens with zero attached hydrogens (tertiary/aromatic N) is 2. The van der Waals surface area contributed by atoms with E-state index in [1.165, 1.54) is 0 Å². The van der Waals surface area contributed by atoms with Gasteiger partial charge in [-0.2, -0.15) is 0 Å². The Kier molecular flexibility index (Phi) is 3.39. The minimum absolute atomic E-state index is 0.435. The molecule has 0 radical (unpaired) electrons. The van der Waals surface area contributed by atoms with E-state index in [9.17, 15) is 0 Å². The second-order valence-corrected chi connectivity index (χ2v) is 4.59. The minimum Gasteiger partial charge on any atom is -0.497 e. The lowest BCUT2D eigenvalue weighted by atomic mass is 10.2. The number of rotatable bonds is 3. The van der Waals surface area contributed by atoms with Crippen molar-refractivity contribution in [1.82, 2.24) is 10.2 Å². The molecule has 3 rings (SSSR count). The molecule has 4 nitrogen and oxygen atoms in total. The molecule has 5 heteroatoms. The Morgan fingerprint density at radius 3 is 2.25 bits per heavy atom. The van der Waals surface area contributed by atoms with Crippen molar-refractivity contribution in [2.75, 3.05) is 7.11 Å². The van der Waals surface area contributed by atoms with Gasteiger partial charge in [0.1, 0.15) is 5.75 Å². The fourth-order valence-corrected chi connectivity index (χ4v) is 2.02. The molecule has 20 heavy (non-hydrogen) atoms. The Bertz CT molecular complexity index is 740. The summed E-state index contributed by atoms with van der Waals surface area (Å²) in [4.78, 5) is 0. The van der Waals surface area contributed by atoms with Crippen molar-refractivity contribution in [1.29, 1.82) is 0 Å². The summed E-state index contributed by atoms with van der Waals surface area (Å²) >= 11 is 5.95. The molecule has 0 amide bonds. The number of aromatic nitrogens is 2. The van der Waals surface area contributed by atoms with Crippen molar-refractivity contribution in [2.24, 2.45) is 0 Å². The molecule has 0 spiro atoms. The van der Waals surface area contributed by atoms with Crippen LogP contribution in [-0.4, -0.2) is 17.3 Å². The van der Waals surface area contributed by atoms with Crippen LogP contribution in [0.1, 0.15) is 0 Å². The standard InChI is InChI=1S/C15H11ClN2O2/c1-19-13-7-3-5-11(9-13)15-18-17-14(20-15)10-4-2-6-12(16)8-10/h2-9H,1H3. The molecule has 0 unspecified atom stereocenters. The van der Waals surface area contributed by atoms with Gasteiger partial charge in [0.15, 0.2) is 0 Å². The third-order valence-electron chi connectivity index (χ3n) is 2.81. The van der Waals surface area contributed by atoms with E-state index in [1.54, 1.807) is 19.2 Å². The van der Waals surface area contributed by atoms with Crippen molar-refractivity contribution >= 4 is 11.6 Å². The SMILES string of the molecule is COc1cccc(-c2nnc(-c3cccc(Cl)c3)o2)c1. The van der Waals surface area contributed by atoms with Crippen molar-refractivity contribution < 1.29 is 9.15 Å². The van der Waals surface area contributed by atoms with Gasteiger partial charge >= 0.3 is 0 Å². The molecular formula is C15H11ClN2O2. The normalized spacial score (nSPS) is 10.5. The van der Waals surface area contributed by atoms with Crippen molar-refractivity contribution in [3.63, 3.8) is 0 Å². The predicted octanol–water partition coefficient (Wildman–Crippen LogP) is 4.07. The molecule has 0 saturated carbocycles. The molecular weight excluding hydrogens is 276 g/mol. The summed E-state index contributed by atoms with van der Waals surface area (Å²) in [6, 6.07) is 14.7. The highest BCUT2D eigenvalue weighted by Crippen LogP contribution is 2.27. The lowest BCUT2D eigenvalue weighted by molar-refractivity contribution is 0.415. The topological polar surface area (TPSA) is 48.2 Å². The Morgan fingerprint density at radius 2 is 1.60 bits per heavy atom. The Balaban J connectivity index is 1.97. The highest BCUT2D eigenvalue weighted by Gasteiger charge is 2.11. The van der Waals surface area contributed by atoms with Crippen LogP contribution in [0.2, 0.25) is 5.02 Å². The van der Waals surface area contributed by atoms with Crippen LogP contribution in [-0.2, 0) is 0 Å². The van der Waals surface area contributed by atoms with Gasteiger partial charge in [-0.1, -0.05) is 23.7 Å². The van der Waals surface area contributed by atoms with Gasteiger partial charge in [0, 0.05) is 16.1 Å². The summed E-state index contributed by atoms with van der Waals surface area (Å²) < 4.78 is 10.9. The highest BCUT2D eigenvalue weighted by molar-refractivity contribution is 6.30. The van der Waals surface area contributed by atoms with E-state index in [4.69, 9.17) is 20.8 Å². The van der Waals surface area contributed by atoms with Gasteiger partial charge in [-0.25, -0.2) is 0 Å². The molecule has 0 N–H and O–H groups in total. The second-order valence-electron chi connectivity index (χ2n) is 4.15. The zero-order chi connectivity index (χ0) is 13.9. The Hall–Kier alpha value is -2.33. The summed E-state index contributed by atoms with van der Waals surface area (Å²) in [5.74, 6) is 1.62. The van der Waals surface area contributed by atoms with Crippen molar-refractivity contribution in [3.8, 4) is 28.7 Å². The number of methoxy groups -OCH3 is 1. The first kappa shape index (κ1) is 12.7. The maximum absolute atomic E-state index is 5.95. The highest BCUT2D eigenvalue weighted by atomic mass is 35.5. The van der Waals surface area contributed by atoms with E-state index in [2.05, 4.69) is 10.2 Å². The lowest BCUT2D eigenvalue weighted by Gasteiger charge is -2.00. The van der Waals surface area contributed by atoms with Crippen LogP contribution in [0, 0.1) is 0 Å². The molecule has 2 aromatic carbocycles. The number of halogens is 1. The largest absolute Gasteiger partial charge is 0.497 e. The molecule has 1 aromatic heterocycles. The van der Waals surface area contributed by atoms with E-state index >= 15 is 0 Å². The molecule has 0 fully saturated rings. The molecule has 0 aliphatic rings. The maximum Gasteiger partial charge on any atom is 0.248 e. The summed E-state index contributed by atoms with van der Waals surface area (Å²) in [6.45, 7) is 0. The van der Waals surface area contributed by atoms with Gasteiger partial charge in [-0.05, 0) is 36.4 Å². The smallest absolute Gasteiger partial charge is 0.248 e. The van der Waals surface area contributed by atoms with E-state index in [-0.39, 0.29) is 0 Å². The van der Waals surface area contributed by atoms with Gasteiger partial charge in [-0.15, -0.1) is 10.2 Å². The third kappa shape index (κ3) is 2.51. The van der Waals surface area contributed by atoms with Crippen LogP contribution in [0.3, 0.4) is 0 Å². The first-order valence-electron chi connectivity index (χ1n) is 6.00. The maximum atomic E-state index is 5.95. The molecule has 100 valence electrons. The molecule has 0 aliphatic heterocycles. The van der Waals surface area contributed by atoms with Crippen LogP contribution in [0.25, 0.3) is 22.9 Å². The molecule has 0 saturated heterocycles. The van der Waals surface area contributed by atoms with Crippen molar-refractivity contribution in [2.45, 2.75) is 0 Å². The number of ether oxygens (including phenoxy) is 1. The van der Waals surface area contributed by atoms with Gasteiger partial charge in [0.2, 0.25) is 11.8 Å². The second kappa shape index (κ2) is 5.35. The van der Waals surface area contributed by atoms with E-state index < -0.39 is 0 Å². The van der Waals surface area contributed by atoms with Crippen molar-refractivity contribution in [3.05, 3.63) is 53.6 Å². The zero-order valence-electron chi connectivity index (χ0n) is 10.7. The Morgan fingerprint density at radius 1 is 0.950 bits per heavy atom. The third-order valence-corrected chi connectivity index (χ3v) is 3.05. The van der Waals surface area contributed by atoms with Gasteiger partial charge < -0.3 is 9.15 Å². The van der Waals surface area contributed by atoms with Gasteiger partial charge in [0.25, 0.3) is 0 Å². The summed E-state index contributed by atoms with van der Waals surface area (Å²) in [7, 11) is 1.62. The molecule has 0 bridgehead atoms. The van der Waals surface area contributed by atoms with Crippen LogP contribution in [0.5, 0.6) is 5.75 Å². The minimum atomic E-state index is 0.435. The fraction of sp³-hybridized carbons (Fsp3) is 0.0667. The van der Waals surface area contributed by atoms with Crippen LogP contribution in [0.4, 0.5) is 0 Å². The van der Waals surface area contributed by atoms with E-state index in [0.717, 1.165) is 16.9 Å². The first-order valence-corrected chi connectivity index (χ1v) is 6.38. The van der Waals surface area contributed by atoms with Gasteiger partial charge in [0.05, 0.1) is 7.11 Å². The fourth-order valence-electron chi connectivity index (χ4n) is 1.83. The average Bonchev–Trinajstić information content (AvgIpc) is 2.97. The average molecular weight is 287 g/mol. The number of hydrogen-bond acceptors (Lipinski definition) is 4. The predicted molar refractivity (Wildman–Crippen MR) is 76.7 cm³/mol. The number of benzene rings is 2. The molecule has 0 aliphatic carbocycles. The van der Waals surface area contributed by atoms with E-state index in [0.29, 0.717) is 16.8 Å². The van der Waals surface area contributed by atoms with Crippen LogP contribution < -0.4 is 4.74 Å². The monoisotopic (exact) mass is 286 g/mol. The van der Waals surface area contributed by atoms with Crippen LogP contribution in [0.15, 0.2) is 52.9 Å². The van der Waals surface area contributed by atoms with Crippen LogP contribution >= 0.6 is 11.6 Å². The summed E-state index contributed by atoms with van der Waals surface area (Å²) in [6.07, 6.45) is 0. The van der Waals surface area contributed by atoms with Gasteiger partial charge in [-0.3, -0.25) is 0 Å². The quantitative estimate of drug-likeness (QED) is 0.728. The van der Waals surface area contributed by atoms with E-state index in [1.807, 2.05) is 36.4 Å². The first-order chi connectivity index (χ1) is 9.76. The molecule has 3 aromatic rings. The number of hydrogen-bond donors (Lipinski definition) is 0. The Labute approximate surface area is 121 Å². The summed E-state index contributed by atoms with van der Waals surface area (Å²) in [5, 5.41) is 8.72. The lowest BCUT2D eigenvalue weighted by Crippen LogP contribution is -1.83. The molecule has 0 atom stereocenters. The molecule has 1 heterocycles. The zero-order valence-corrected chi connectivity index (χ0v) is 11.5.